The van der Waals surface area contributed by atoms with Gasteiger partial charge in [-0.3, -0.25) is 0 Å². The Balaban J connectivity index is 2.07. The number of benzene rings is 2. The van der Waals surface area contributed by atoms with E-state index in [1.807, 2.05) is 0 Å². The number of hydrogen-bond donors (Lipinski definition) is 1. The highest BCUT2D eigenvalue weighted by molar-refractivity contribution is 7.91. The van der Waals surface area contributed by atoms with Gasteiger partial charge in [-0.15, -0.1) is 0 Å². The second-order valence-corrected chi connectivity index (χ2v) is 7.96. The molecule has 0 fully saturated rings. The Morgan fingerprint density at radius 1 is 1.22 bits per heavy atom. The van der Waals surface area contributed by atoms with E-state index in [4.69, 9.17) is 9.15 Å². The Bertz CT molecular complexity index is 1180. The van der Waals surface area contributed by atoms with E-state index < -0.39 is 15.5 Å². The van der Waals surface area contributed by atoms with Crippen LogP contribution in [0.15, 0.2) is 56.6 Å². The van der Waals surface area contributed by atoms with E-state index in [0.717, 1.165) is 0 Å². The molecule has 1 aromatic heterocycles. The molecule has 0 aliphatic carbocycles. The molecule has 0 spiro atoms. The van der Waals surface area contributed by atoms with Crippen LogP contribution in [0.5, 0.6) is 5.75 Å². The average molecular weight is 387 g/mol. The summed E-state index contributed by atoms with van der Waals surface area (Å²) in [5.41, 5.74) is -0.0519. The number of nitrogens with zero attached hydrogens (tertiary/aromatic N) is 1. The number of aliphatic hydroxyl groups is 1. The van der Waals surface area contributed by atoms with Gasteiger partial charge in [-0.2, -0.15) is 0 Å². The van der Waals surface area contributed by atoms with Crippen molar-refractivity contribution in [1.29, 1.82) is 0 Å². The van der Waals surface area contributed by atoms with Gasteiger partial charge in [0, 0.05) is 11.6 Å². The van der Waals surface area contributed by atoms with E-state index in [2.05, 4.69) is 4.98 Å². The summed E-state index contributed by atoms with van der Waals surface area (Å²) in [6, 6.07) is 10.7. The normalized spacial score (nSPS) is 12.3. The first kappa shape index (κ1) is 18.7. The van der Waals surface area contributed by atoms with Crippen LogP contribution < -0.4 is 10.4 Å². The molecule has 140 valence electrons. The summed E-state index contributed by atoms with van der Waals surface area (Å²) in [7, 11) is -1.89. The molecule has 0 radical (unpaired) electrons. The van der Waals surface area contributed by atoms with Crippen LogP contribution in [-0.2, 0) is 9.84 Å². The second kappa shape index (κ2) is 7.24. The summed E-state index contributed by atoms with van der Waals surface area (Å²) < 4.78 is 34.3. The lowest BCUT2D eigenvalue weighted by atomic mass is 10.1. The van der Waals surface area contributed by atoms with Gasteiger partial charge >= 0.3 is 5.63 Å². The van der Waals surface area contributed by atoms with Crippen molar-refractivity contribution in [1.82, 2.24) is 4.98 Å². The summed E-state index contributed by atoms with van der Waals surface area (Å²) in [4.78, 5) is 16.4. The molecule has 0 amide bonds. The molecule has 3 rings (SSSR count). The Morgan fingerprint density at radius 2 is 1.93 bits per heavy atom. The quantitative estimate of drug-likeness (QED) is 0.671. The molecule has 1 N–H and O–H groups in total. The van der Waals surface area contributed by atoms with Gasteiger partial charge in [0.25, 0.3) is 0 Å². The van der Waals surface area contributed by atoms with Gasteiger partial charge in [0.2, 0.25) is 0 Å². The third kappa shape index (κ3) is 3.85. The summed E-state index contributed by atoms with van der Waals surface area (Å²) in [5.74, 6) is 0.383. The molecule has 1 heterocycles. The lowest BCUT2D eigenvalue weighted by molar-refractivity contribution is 0.414. The molecule has 7 nitrogen and oxygen atoms in total. The summed E-state index contributed by atoms with van der Waals surface area (Å²) in [6.07, 6.45) is 1.17. The third-order valence-corrected chi connectivity index (χ3v) is 5.71. The molecule has 0 atom stereocenters. The van der Waals surface area contributed by atoms with Crippen LogP contribution in [0.2, 0.25) is 0 Å². The van der Waals surface area contributed by atoms with Crippen molar-refractivity contribution in [3.05, 3.63) is 64.1 Å². The number of hydrogen-bond acceptors (Lipinski definition) is 7. The first-order valence-electron chi connectivity index (χ1n) is 8.07. The predicted octanol–water partition coefficient (Wildman–Crippen LogP) is 3.05. The van der Waals surface area contributed by atoms with Crippen LogP contribution in [-0.4, -0.2) is 31.4 Å². The number of aliphatic hydroxyl groups excluding tert-OH is 1. The number of fused-ring (bicyclic) bond motifs is 1. The van der Waals surface area contributed by atoms with Crippen molar-refractivity contribution in [3.63, 3.8) is 0 Å². The highest BCUT2D eigenvalue weighted by Gasteiger charge is 2.14. The second-order valence-electron chi connectivity index (χ2n) is 5.68. The Hall–Kier alpha value is -3.13. The highest BCUT2D eigenvalue weighted by atomic mass is 32.2. The zero-order valence-corrected chi connectivity index (χ0v) is 15.5. The van der Waals surface area contributed by atoms with Crippen molar-refractivity contribution in [2.24, 2.45) is 0 Å². The smallest absolute Gasteiger partial charge is 0.362 e. The Labute approximate surface area is 155 Å². The lowest BCUT2D eigenvalue weighted by Crippen LogP contribution is -2.08. The van der Waals surface area contributed by atoms with Crippen LogP contribution in [0.3, 0.4) is 0 Å². The van der Waals surface area contributed by atoms with Crippen molar-refractivity contribution >= 4 is 32.8 Å². The minimum atomic E-state index is -3.42. The van der Waals surface area contributed by atoms with Crippen LogP contribution in [0.4, 0.5) is 0 Å². The van der Waals surface area contributed by atoms with Crippen LogP contribution in [0, 0.1) is 0 Å². The first-order valence-corrected chi connectivity index (χ1v) is 9.72. The maximum atomic E-state index is 12.1. The van der Waals surface area contributed by atoms with Gasteiger partial charge in [-0.05, 0) is 42.5 Å². The topological polar surface area (TPSA) is 107 Å². The van der Waals surface area contributed by atoms with Gasteiger partial charge in [-0.1, -0.05) is 6.92 Å². The van der Waals surface area contributed by atoms with E-state index in [9.17, 15) is 18.3 Å². The van der Waals surface area contributed by atoms with Crippen LogP contribution in [0.25, 0.3) is 22.9 Å². The van der Waals surface area contributed by atoms with E-state index in [0.29, 0.717) is 11.3 Å². The number of ether oxygens (including phenoxy) is 1. The highest BCUT2D eigenvalue weighted by Crippen LogP contribution is 2.20. The van der Waals surface area contributed by atoms with Crippen molar-refractivity contribution in [2.45, 2.75) is 11.8 Å². The molecule has 0 unspecified atom stereocenters. The van der Waals surface area contributed by atoms with Gasteiger partial charge < -0.3 is 14.3 Å². The first-order chi connectivity index (χ1) is 12.8. The molecule has 2 aromatic carbocycles. The van der Waals surface area contributed by atoms with Crippen molar-refractivity contribution in [3.8, 4) is 5.75 Å². The molecule has 0 saturated heterocycles. The average Bonchev–Trinajstić information content (AvgIpc) is 2.68. The number of rotatable bonds is 5. The summed E-state index contributed by atoms with van der Waals surface area (Å²) >= 11 is 0. The fourth-order valence-electron chi connectivity index (χ4n) is 2.42. The van der Waals surface area contributed by atoms with E-state index >= 15 is 0 Å². The molecule has 3 aromatic rings. The molecule has 8 heteroatoms. The minimum Gasteiger partial charge on any atom is -0.507 e. The van der Waals surface area contributed by atoms with Crippen LogP contribution in [0.1, 0.15) is 18.2 Å². The minimum absolute atomic E-state index is 0.0553. The molecule has 0 aliphatic rings. The van der Waals surface area contributed by atoms with E-state index in [1.165, 1.54) is 31.4 Å². The van der Waals surface area contributed by atoms with Crippen molar-refractivity contribution < 1.29 is 22.7 Å². The number of aromatic nitrogens is 1. The molecule has 0 saturated carbocycles. The Morgan fingerprint density at radius 3 is 2.56 bits per heavy atom. The molecule has 0 aliphatic heterocycles. The maximum Gasteiger partial charge on any atom is 0.362 e. The largest absolute Gasteiger partial charge is 0.507 e. The van der Waals surface area contributed by atoms with E-state index in [-0.39, 0.29) is 33.2 Å². The fraction of sp³-hybridized carbons (Fsp3) is 0.158. The standard InChI is InChI=1S/C19H17NO6S/c1-3-27(23,24)14-8-9-18-15(10-14)20-16(19(22)26-18)11-17(21)12-4-6-13(25-2)7-5-12/h4-11,21H,3H2,1-2H3/b17-11-. The zero-order valence-electron chi connectivity index (χ0n) is 14.7. The summed E-state index contributed by atoms with van der Waals surface area (Å²) in [5, 5.41) is 10.3. The molecule has 0 bridgehead atoms. The van der Waals surface area contributed by atoms with Gasteiger partial charge in [-0.25, -0.2) is 18.2 Å². The molecular weight excluding hydrogens is 370 g/mol. The lowest BCUT2D eigenvalue weighted by Gasteiger charge is -2.04. The van der Waals surface area contributed by atoms with Crippen molar-refractivity contribution in [2.75, 3.05) is 12.9 Å². The Kier molecular flexibility index (Phi) is 5.00. The van der Waals surface area contributed by atoms with Crippen LogP contribution >= 0.6 is 0 Å². The van der Waals surface area contributed by atoms with Gasteiger partial charge in [0.05, 0.1) is 17.8 Å². The third-order valence-electron chi connectivity index (χ3n) is 3.98. The monoisotopic (exact) mass is 387 g/mol. The fourth-order valence-corrected chi connectivity index (χ4v) is 3.32. The van der Waals surface area contributed by atoms with Gasteiger partial charge in [0.15, 0.2) is 21.1 Å². The van der Waals surface area contributed by atoms with Gasteiger partial charge in [0.1, 0.15) is 17.0 Å². The molecular formula is C19H17NO6S. The maximum absolute atomic E-state index is 12.1. The SMILES string of the molecule is CCS(=O)(=O)c1ccc2oc(=O)c(/C=C(\O)c3ccc(OC)cc3)nc2c1. The van der Waals surface area contributed by atoms with E-state index in [1.54, 1.807) is 31.2 Å². The number of methoxy groups -OCH3 is 1. The summed E-state index contributed by atoms with van der Waals surface area (Å²) in [6.45, 7) is 1.54. The zero-order chi connectivity index (χ0) is 19.6. The predicted molar refractivity (Wildman–Crippen MR) is 101 cm³/mol. The molecule has 27 heavy (non-hydrogen) atoms. The number of sulfone groups is 1.